The van der Waals surface area contributed by atoms with E-state index in [2.05, 4.69) is 31.2 Å². The topological polar surface area (TPSA) is 56.7 Å². The molecule has 0 spiro atoms. The summed E-state index contributed by atoms with van der Waals surface area (Å²) in [6, 6.07) is 0. The molecule has 0 unspecified atom stereocenters. The van der Waals surface area contributed by atoms with E-state index < -0.39 is 0 Å². The van der Waals surface area contributed by atoms with Gasteiger partial charge in [-0.15, -0.1) is 10.2 Å². The van der Waals surface area contributed by atoms with Crippen LogP contribution in [0.4, 0.5) is 0 Å². The third kappa shape index (κ3) is 2.16. The molecular weight excluding hydrogens is 272 g/mol. The highest BCUT2D eigenvalue weighted by Gasteiger charge is 2.09. The minimum Gasteiger partial charge on any atom is -0.426 e. The molecule has 0 aliphatic rings. The Hall–Kier alpha value is -1.17. The highest BCUT2D eigenvalue weighted by Crippen LogP contribution is 2.19. The first-order chi connectivity index (χ1) is 7.58. The van der Waals surface area contributed by atoms with Gasteiger partial charge in [0.2, 0.25) is 11.8 Å². The molecule has 6 heteroatoms. The molecule has 0 aliphatic heterocycles. The molecular formula is C10H13BrN4O. The van der Waals surface area contributed by atoms with Gasteiger partial charge in [-0.25, -0.2) is 0 Å². The normalized spacial score (nSPS) is 11.0. The first-order valence-electron chi connectivity index (χ1n) is 5.06. The van der Waals surface area contributed by atoms with E-state index in [-0.39, 0.29) is 0 Å². The largest absolute Gasteiger partial charge is 0.426 e. The number of aryl methyl sites for hydroxylation is 4. The van der Waals surface area contributed by atoms with E-state index in [1.165, 1.54) is 0 Å². The van der Waals surface area contributed by atoms with Gasteiger partial charge < -0.3 is 4.42 Å². The van der Waals surface area contributed by atoms with Crippen LogP contribution in [0.5, 0.6) is 0 Å². The van der Waals surface area contributed by atoms with E-state index in [1.54, 1.807) is 6.92 Å². The Morgan fingerprint density at radius 1 is 1.25 bits per heavy atom. The summed E-state index contributed by atoms with van der Waals surface area (Å²) in [5.41, 5.74) is 2.12. The standard InChI is InChI=1S/C10H13BrN4O/c1-6-10(11)7(2)15(14-6)5-4-9-13-12-8(3)16-9/h4-5H2,1-3H3. The van der Waals surface area contributed by atoms with E-state index in [0.717, 1.165) is 22.4 Å². The van der Waals surface area contributed by atoms with Crippen molar-refractivity contribution >= 4 is 15.9 Å². The summed E-state index contributed by atoms with van der Waals surface area (Å²) in [6.07, 6.45) is 0.704. The van der Waals surface area contributed by atoms with E-state index in [1.807, 2.05) is 18.5 Å². The zero-order valence-corrected chi connectivity index (χ0v) is 11.1. The molecule has 0 aliphatic carbocycles. The van der Waals surface area contributed by atoms with Crippen LogP contribution in [0.15, 0.2) is 8.89 Å². The van der Waals surface area contributed by atoms with Gasteiger partial charge in [-0.3, -0.25) is 4.68 Å². The van der Waals surface area contributed by atoms with Crippen LogP contribution >= 0.6 is 15.9 Å². The van der Waals surface area contributed by atoms with Crippen molar-refractivity contribution in [1.29, 1.82) is 0 Å². The fourth-order valence-electron chi connectivity index (χ4n) is 1.53. The number of hydrogen-bond donors (Lipinski definition) is 0. The van der Waals surface area contributed by atoms with E-state index in [9.17, 15) is 0 Å². The van der Waals surface area contributed by atoms with Crippen LogP contribution in [0.3, 0.4) is 0 Å². The number of rotatable bonds is 3. The van der Waals surface area contributed by atoms with E-state index in [0.29, 0.717) is 18.2 Å². The monoisotopic (exact) mass is 284 g/mol. The molecule has 0 amide bonds. The first-order valence-corrected chi connectivity index (χ1v) is 5.85. The van der Waals surface area contributed by atoms with Crippen LogP contribution in [0.1, 0.15) is 23.2 Å². The molecule has 0 saturated heterocycles. The molecule has 2 aromatic heterocycles. The second-order valence-electron chi connectivity index (χ2n) is 3.67. The lowest BCUT2D eigenvalue weighted by molar-refractivity contribution is 0.444. The van der Waals surface area contributed by atoms with Gasteiger partial charge in [0.05, 0.1) is 10.2 Å². The first kappa shape index (κ1) is 11.3. The van der Waals surface area contributed by atoms with Gasteiger partial charge in [0, 0.05) is 25.6 Å². The fraction of sp³-hybridized carbons (Fsp3) is 0.500. The predicted octanol–water partition coefficient (Wildman–Crippen LogP) is 2.20. The van der Waals surface area contributed by atoms with E-state index >= 15 is 0 Å². The van der Waals surface area contributed by atoms with E-state index in [4.69, 9.17) is 4.42 Å². The molecule has 2 rings (SSSR count). The summed E-state index contributed by atoms with van der Waals surface area (Å²) in [5, 5.41) is 12.2. The van der Waals surface area contributed by atoms with Crippen molar-refractivity contribution in [3.63, 3.8) is 0 Å². The molecule has 5 nitrogen and oxygen atoms in total. The Balaban J connectivity index is 2.07. The van der Waals surface area contributed by atoms with Crippen molar-refractivity contribution in [3.05, 3.63) is 27.6 Å². The molecule has 2 aromatic rings. The highest BCUT2D eigenvalue weighted by molar-refractivity contribution is 9.10. The van der Waals surface area contributed by atoms with Crippen molar-refractivity contribution in [2.24, 2.45) is 0 Å². The lowest BCUT2D eigenvalue weighted by Gasteiger charge is -2.01. The van der Waals surface area contributed by atoms with Crippen molar-refractivity contribution in [2.75, 3.05) is 0 Å². The third-order valence-electron chi connectivity index (χ3n) is 2.40. The number of halogens is 1. The fourth-order valence-corrected chi connectivity index (χ4v) is 1.82. The second kappa shape index (κ2) is 4.37. The summed E-state index contributed by atoms with van der Waals surface area (Å²) in [6.45, 7) is 6.55. The van der Waals surface area contributed by atoms with Gasteiger partial charge in [-0.05, 0) is 29.8 Å². The van der Waals surface area contributed by atoms with Gasteiger partial charge in [0.25, 0.3) is 0 Å². The Morgan fingerprint density at radius 2 is 2.00 bits per heavy atom. The molecule has 0 aromatic carbocycles. The Kier molecular flexibility index (Phi) is 3.09. The molecule has 2 heterocycles. The summed E-state index contributed by atoms with van der Waals surface area (Å²) < 4.78 is 8.31. The quantitative estimate of drug-likeness (QED) is 0.867. The molecule has 0 radical (unpaired) electrons. The summed E-state index contributed by atoms with van der Waals surface area (Å²) in [4.78, 5) is 0. The maximum Gasteiger partial charge on any atom is 0.218 e. The van der Waals surface area contributed by atoms with Crippen LogP contribution in [-0.2, 0) is 13.0 Å². The van der Waals surface area contributed by atoms with Gasteiger partial charge in [-0.1, -0.05) is 0 Å². The Bertz CT molecular complexity index is 503. The smallest absolute Gasteiger partial charge is 0.218 e. The summed E-state index contributed by atoms with van der Waals surface area (Å²) in [5.74, 6) is 1.26. The molecule has 0 N–H and O–H groups in total. The average Bonchev–Trinajstić information content (AvgIpc) is 2.76. The van der Waals surface area contributed by atoms with Crippen LogP contribution < -0.4 is 0 Å². The average molecular weight is 285 g/mol. The number of hydrogen-bond acceptors (Lipinski definition) is 4. The summed E-state index contributed by atoms with van der Waals surface area (Å²) >= 11 is 3.50. The minimum absolute atomic E-state index is 0.601. The van der Waals surface area contributed by atoms with Gasteiger partial charge in [0.15, 0.2) is 0 Å². The van der Waals surface area contributed by atoms with Crippen molar-refractivity contribution < 1.29 is 4.42 Å². The minimum atomic E-state index is 0.601. The van der Waals surface area contributed by atoms with Crippen LogP contribution in [0.25, 0.3) is 0 Å². The second-order valence-corrected chi connectivity index (χ2v) is 4.47. The predicted molar refractivity (Wildman–Crippen MR) is 62.1 cm³/mol. The zero-order chi connectivity index (χ0) is 11.7. The molecule has 0 atom stereocenters. The van der Waals surface area contributed by atoms with Gasteiger partial charge in [0.1, 0.15) is 0 Å². The Morgan fingerprint density at radius 3 is 2.50 bits per heavy atom. The highest BCUT2D eigenvalue weighted by atomic mass is 79.9. The maximum absolute atomic E-state index is 5.31. The van der Waals surface area contributed by atoms with Crippen molar-refractivity contribution in [2.45, 2.75) is 33.7 Å². The van der Waals surface area contributed by atoms with Crippen LogP contribution in [0, 0.1) is 20.8 Å². The number of aromatic nitrogens is 4. The van der Waals surface area contributed by atoms with Gasteiger partial charge in [-0.2, -0.15) is 5.10 Å². The SMILES string of the molecule is Cc1nnc(CCn2nc(C)c(Br)c2C)o1. The van der Waals surface area contributed by atoms with Crippen molar-refractivity contribution in [1.82, 2.24) is 20.0 Å². The lowest BCUT2D eigenvalue weighted by atomic mass is 10.4. The summed E-state index contributed by atoms with van der Waals surface area (Å²) in [7, 11) is 0. The molecule has 0 fully saturated rings. The maximum atomic E-state index is 5.31. The van der Waals surface area contributed by atoms with Crippen LogP contribution in [-0.4, -0.2) is 20.0 Å². The zero-order valence-electron chi connectivity index (χ0n) is 9.49. The van der Waals surface area contributed by atoms with Crippen LogP contribution in [0.2, 0.25) is 0 Å². The molecule has 16 heavy (non-hydrogen) atoms. The molecule has 86 valence electrons. The van der Waals surface area contributed by atoms with Gasteiger partial charge >= 0.3 is 0 Å². The molecule has 0 saturated carbocycles. The third-order valence-corrected chi connectivity index (χ3v) is 3.55. The lowest BCUT2D eigenvalue weighted by Crippen LogP contribution is -2.05. The number of nitrogens with zero attached hydrogens (tertiary/aromatic N) is 4. The Labute approximate surface area is 102 Å². The molecule has 0 bridgehead atoms. The van der Waals surface area contributed by atoms with Crippen molar-refractivity contribution in [3.8, 4) is 0 Å².